The molecule has 4 heteroatoms. The number of aromatic carboxylic acids is 1. The van der Waals surface area contributed by atoms with Gasteiger partial charge in [0.2, 0.25) is 0 Å². The number of carboxylic acids is 1. The molecule has 100 valence electrons. The maximum atomic E-state index is 11.1. The Balaban J connectivity index is 2.08. The Bertz CT molecular complexity index is 653. The molecule has 0 aliphatic heterocycles. The zero-order valence-electron chi connectivity index (χ0n) is 11.3. The molecule has 1 aliphatic rings. The molecular weight excluding hydrogens is 240 g/mol. The molecule has 0 saturated heterocycles. The molecule has 1 fully saturated rings. The molecule has 1 aliphatic carbocycles. The number of fused-ring (bicyclic) bond motifs is 1. The highest BCUT2D eigenvalue weighted by atomic mass is 16.4. The molecule has 4 nitrogen and oxygen atoms in total. The second-order valence-corrected chi connectivity index (χ2v) is 5.92. The highest BCUT2D eigenvalue weighted by molar-refractivity contribution is 5.92. The summed E-state index contributed by atoms with van der Waals surface area (Å²) in [4.78, 5) is 15.6. The van der Waals surface area contributed by atoms with Crippen LogP contribution in [0.3, 0.4) is 0 Å². The van der Waals surface area contributed by atoms with E-state index in [9.17, 15) is 4.79 Å². The standard InChI is InChI=1S/C15H18N2O2/c1-10-16-12-5-4-11(14(18)19)8-13(12)17(10)9-15(2)6-3-7-15/h4-5,8H,3,6-7,9H2,1-2H3,(H,18,19). The van der Waals surface area contributed by atoms with Gasteiger partial charge in [-0.3, -0.25) is 0 Å². The summed E-state index contributed by atoms with van der Waals surface area (Å²) >= 11 is 0. The number of nitrogens with zero attached hydrogens (tertiary/aromatic N) is 2. The first kappa shape index (κ1) is 12.2. The number of hydrogen-bond donors (Lipinski definition) is 1. The fraction of sp³-hybridized carbons (Fsp3) is 0.467. The molecule has 0 atom stereocenters. The van der Waals surface area contributed by atoms with E-state index in [1.807, 2.05) is 6.92 Å². The van der Waals surface area contributed by atoms with Gasteiger partial charge in [-0.15, -0.1) is 0 Å². The molecule has 3 rings (SSSR count). The van der Waals surface area contributed by atoms with Crippen LogP contribution < -0.4 is 0 Å². The summed E-state index contributed by atoms with van der Waals surface area (Å²) < 4.78 is 2.17. The predicted molar refractivity (Wildman–Crippen MR) is 73.4 cm³/mol. The van der Waals surface area contributed by atoms with Crippen LogP contribution in [0.15, 0.2) is 18.2 Å². The lowest BCUT2D eigenvalue weighted by molar-refractivity contribution is 0.0697. The van der Waals surface area contributed by atoms with Gasteiger partial charge in [0, 0.05) is 6.54 Å². The highest BCUT2D eigenvalue weighted by Crippen LogP contribution is 2.42. The molecule has 0 bridgehead atoms. The molecule has 0 spiro atoms. The predicted octanol–water partition coefficient (Wildman–Crippen LogP) is 3.23. The van der Waals surface area contributed by atoms with Crippen molar-refractivity contribution in [2.75, 3.05) is 0 Å². The third-order valence-electron chi connectivity index (χ3n) is 4.29. The van der Waals surface area contributed by atoms with Crippen molar-refractivity contribution in [2.45, 2.75) is 39.7 Å². The van der Waals surface area contributed by atoms with Crippen molar-refractivity contribution in [3.05, 3.63) is 29.6 Å². The van der Waals surface area contributed by atoms with Crippen LogP contribution in [-0.4, -0.2) is 20.6 Å². The topological polar surface area (TPSA) is 55.1 Å². The monoisotopic (exact) mass is 258 g/mol. The normalized spacial score (nSPS) is 17.4. The number of carboxylic acid groups (broad SMARTS) is 1. The first-order chi connectivity index (χ1) is 8.98. The zero-order valence-corrected chi connectivity index (χ0v) is 11.3. The number of hydrogen-bond acceptors (Lipinski definition) is 2. The molecule has 1 N–H and O–H groups in total. The number of imidazole rings is 1. The lowest BCUT2D eigenvalue weighted by Crippen LogP contribution is -2.31. The Morgan fingerprint density at radius 1 is 1.47 bits per heavy atom. The van der Waals surface area contributed by atoms with Crippen LogP contribution in [0.4, 0.5) is 0 Å². The van der Waals surface area contributed by atoms with Gasteiger partial charge in [0.1, 0.15) is 5.82 Å². The molecule has 2 aromatic rings. The van der Waals surface area contributed by atoms with E-state index in [0.29, 0.717) is 11.0 Å². The molecule has 0 amide bonds. The van der Waals surface area contributed by atoms with Crippen molar-refractivity contribution in [2.24, 2.45) is 5.41 Å². The first-order valence-electron chi connectivity index (χ1n) is 6.69. The largest absolute Gasteiger partial charge is 0.478 e. The molecule has 0 radical (unpaired) electrons. The second kappa shape index (κ2) is 4.08. The van der Waals surface area contributed by atoms with Gasteiger partial charge in [0.15, 0.2) is 0 Å². The number of aromatic nitrogens is 2. The van der Waals surface area contributed by atoms with E-state index < -0.39 is 5.97 Å². The average molecular weight is 258 g/mol. The van der Waals surface area contributed by atoms with Crippen LogP contribution >= 0.6 is 0 Å². The smallest absolute Gasteiger partial charge is 0.335 e. The number of benzene rings is 1. The van der Waals surface area contributed by atoms with E-state index in [1.165, 1.54) is 19.3 Å². The van der Waals surface area contributed by atoms with Gasteiger partial charge >= 0.3 is 5.97 Å². The minimum Gasteiger partial charge on any atom is -0.478 e. The van der Waals surface area contributed by atoms with Crippen LogP contribution in [-0.2, 0) is 6.54 Å². The summed E-state index contributed by atoms with van der Waals surface area (Å²) in [7, 11) is 0. The summed E-state index contributed by atoms with van der Waals surface area (Å²) in [6.07, 6.45) is 3.78. The third kappa shape index (κ3) is 2.01. The molecule has 1 aromatic carbocycles. The Labute approximate surface area is 112 Å². The van der Waals surface area contributed by atoms with Crippen LogP contribution in [0, 0.1) is 12.3 Å². The molecule has 1 heterocycles. The Morgan fingerprint density at radius 2 is 2.21 bits per heavy atom. The summed E-state index contributed by atoms with van der Waals surface area (Å²) in [6, 6.07) is 5.15. The van der Waals surface area contributed by atoms with Gasteiger partial charge in [-0.05, 0) is 43.4 Å². The summed E-state index contributed by atoms with van der Waals surface area (Å²) in [5.41, 5.74) is 2.49. The second-order valence-electron chi connectivity index (χ2n) is 5.92. The van der Waals surface area contributed by atoms with Gasteiger partial charge in [-0.25, -0.2) is 9.78 Å². The summed E-state index contributed by atoms with van der Waals surface area (Å²) in [5.74, 6) is 0.0767. The lowest BCUT2D eigenvalue weighted by atomic mass is 9.70. The van der Waals surface area contributed by atoms with E-state index in [4.69, 9.17) is 5.11 Å². The lowest BCUT2D eigenvalue weighted by Gasteiger charge is -2.39. The van der Waals surface area contributed by atoms with Crippen LogP contribution in [0.25, 0.3) is 11.0 Å². The van der Waals surface area contributed by atoms with Gasteiger partial charge in [0.25, 0.3) is 0 Å². The van der Waals surface area contributed by atoms with E-state index >= 15 is 0 Å². The molecule has 0 unspecified atom stereocenters. The molecule has 1 saturated carbocycles. The number of rotatable bonds is 3. The Morgan fingerprint density at radius 3 is 2.79 bits per heavy atom. The number of carbonyl (C=O) groups is 1. The van der Waals surface area contributed by atoms with Crippen molar-refractivity contribution in [1.82, 2.24) is 9.55 Å². The molecular formula is C15H18N2O2. The van der Waals surface area contributed by atoms with E-state index in [0.717, 1.165) is 23.4 Å². The molecule has 1 aromatic heterocycles. The van der Waals surface area contributed by atoms with Crippen LogP contribution in [0.5, 0.6) is 0 Å². The first-order valence-corrected chi connectivity index (χ1v) is 6.69. The Hall–Kier alpha value is -1.84. The minimum atomic E-state index is -0.887. The van der Waals surface area contributed by atoms with Gasteiger partial charge in [0.05, 0.1) is 16.6 Å². The number of aryl methyl sites for hydroxylation is 1. The van der Waals surface area contributed by atoms with Gasteiger partial charge in [-0.2, -0.15) is 0 Å². The third-order valence-corrected chi connectivity index (χ3v) is 4.29. The van der Waals surface area contributed by atoms with Gasteiger partial charge in [-0.1, -0.05) is 13.3 Å². The van der Waals surface area contributed by atoms with Crippen molar-refractivity contribution < 1.29 is 9.90 Å². The van der Waals surface area contributed by atoms with Crippen molar-refractivity contribution in [3.8, 4) is 0 Å². The fourth-order valence-electron chi connectivity index (χ4n) is 2.90. The highest BCUT2D eigenvalue weighted by Gasteiger charge is 2.32. The maximum Gasteiger partial charge on any atom is 0.335 e. The maximum absolute atomic E-state index is 11.1. The molecule has 19 heavy (non-hydrogen) atoms. The van der Waals surface area contributed by atoms with E-state index in [1.54, 1.807) is 18.2 Å². The Kier molecular flexibility index (Phi) is 2.62. The van der Waals surface area contributed by atoms with Crippen molar-refractivity contribution in [3.63, 3.8) is 0 Å². The average Bonchev–Trinajstić information content (AvgIpc) is 2.63. The summed E-state index contributed by atoms with van der Waals surface area (Å²) in [6.45, 7) is 5.21. The van der Waals surface area contributed by atoms with E-state index in [-0.39, 0.29) is 0 Å². The van der Waals surface area contributed by atoms with Gasteiger partial charge < -0.3 is 9.67 Å². The quantitative estimate of drug-likeness (QED) is 0.919. The minimum absolute atomic E-state index is 0.326. The summed E-state index contributed by atoms with van der Waals surface area (Å²) in [5, 5.41) is 9.10. The van der Waals surface area contributed by atoms with E-state index in [2.05, 4.69) is 16.5 Å². The SMILES string of the molecule is Cc1nc2ccc(C(=O)O)cc2n1CC1(C)CCC1. The van der Waals surface area contributed by atoms with Crippen molar-refractivity contribution in [1.29, 1.82) is 0 Å². The fourth-order valence-corrected chi connectivity index (χ4v) is 2.90. The van der Waals surface area contributed by atoms with Crippen molar-refractivity contribution >= 4 is 17.0 Å². The zero-order chi connectivity index (χ0) is 13.6. The van der Waals surface area contributed by atoms with Crippen LogP contribution in [0.1, 0.15) is 42.4 Å². The van der Waals surface area contributed by atoms with Crippen LogP contribution in [0.2, 0.25) is 0 Å².